The number of ether oxygens (including phenoxy) is 2. The van der Waals surface area contributed by atoms with E-state index in [1.54, 1.807) is 12.1 Å². The Kier molecular flexibility index (Phi) is 5.71. The molecular weight excluding hydrogens is 392 g/mol. The number of fused-ring (bicyclic) bond motifs is 1. The smallest absolute Gasteiger partial charge is 0.343 e. The van der Waals surface area contributed by atoms with E-state index in [-0.39, 0.29) is 22.3 Å². The third-order valence-electron chi connectivity index (χ3n) is 4.71. The first-order valence-electron chi connectivity index (χ1n) is 9.19. The van der Waals surface area contributed by atoms with Crippen molar-refractivity contribution in [3.63, 3.8) is 0 Å². The van der Waals surface area contributed by atoms with Crippen LogP contribution in [0.3, 0.4) is 0 Å². The van der Waals surface area contributed by atoms with Crippen LogP contribution in [0.15, 0.2) is 45.6 Å². The van der Waals surface area contributed by atoms with Gasteiger partial charge >= 0.3 is 5.97 Å². The van der Waals surface area contributed by atoms with Gasteiger partial charge in [-0.15, -0.1) is 0 Å². The van der Waals surface area contributed by atoms with Gasteiger partial charge in [-0.25, -0.2) is 4.79 Å². The van der Waals surface area contributed by atoms with Crippen molar-refractivity contribution in [2.24, 2.45) is 0 Å². The Labute approximate surface area is 174 Å². The number of methoxy groups -OCH3 is 1. The zero-order valence-electron chi connectivity index (χ0n) is 17.1. The molecular formula is C23H23ClO5. The topological polar surface area (TPSA) is 65.7 Å². The minimum Gasteiger partial charge on any atom is -0.474 e. The van der Waals surface area contributed by atoms with Gasteiger partial charge in [-0.2, -0.15) is 0 Å². The quantitative estimate of drug-likeness (QED) is 0.544. The van der Waals surface area contributed by atoms with Crippen LogP contribution in [0.2, 0.25) is 5.02 Å². The second-order valence-electron chi connectivity index (χ2n) is 7.88. The highest BCUT2D eigenvalue weighted by Gasteiger charge is 2.21. The maximum atomic E-state index is 13.1. The normalized spacial score (nSPS) is 11.5. The van der Waals surface area contributed by atoms with Crippen molar-refractivity contribution >= 4 is 28.5 Å². The summed E-state index contributed by atoms with van der Waals surface area (Å²) in [5.41, 5.74) is 2.60. The fourth-order valence-corrected chi connectivity index (χ4v) is 3.10. The summed E-state index contributed by atoms with van der Waals surface area (Å²) in [5.74, 6) is -0.389. The molecule has 0 fully saturated rings. The maximum Gasteiger partial charge on any atom is 0.343 e. The van der Waals surface area contributed by atoms with Gasteiger partial charge in [0.2, 0.25) is 11.2 Å². The van der Waals surface area contributed by atoms with Crippen LogP contribution in [0.4, 0.5) is 0 Å². The van der Waals surface area contributed by atoms with Crippen LogP contribution in [-0.2, 0) is 14.9 Å². The van der Waals surface area contributed by atoms with Crippen LogP contribution in [0.1, 0.15) is 31.9 Å². The van der Waals surface area contributed by atoms with Crippen molar-refractivity contribution in [1.29, 1.82) is 0 Å². The Morgan fingerprint density at radius 3 is 2.38 bits per heavy atom. The van der Waals surface area contributed by atoms with E-state index < -0.39 is 18.0 Å². The van der Waals surface area contributed by atoms with Crippen LogP contribution in [0, 0.1) is 6.92 Å². The molecule has 0 unspecified atom stereocenters. The first kappa shape index (κ1) is 20.9. The van der Waals surface area contributed by atoms with Gasteiger partial charge in [0.1, 0.15) is 5.58 Å². The van der Waals surface area contributed by atoms with E-state index in [9.17, 15) is 9.59 Å². The number of esters is 1. The Morgan fingerprint density at radius 2 is 1.79 bits per heavy atom. The Hall–Kier alpha value is -2.79. The van der Waals surface area contributed by atoms with E-state index in [2.05, 4.69) is 25.5 Å². The van der Waals surface area contributed by atoms with Crippen LogP contribution in [-0.4, -0.2) is 19.7 Å². The number of aryl methyl sites for hydroxylation is 1. The van der Waals surface area contributed by atoms with Crippen LogP contribution in [0.25, 0.3) is 22.3 Å². The van der Waals surface area contributed by atoms with Crippen LogP contribution >= 0.6 is 11.6 Å². The van der Waals surface area contributed by atoms with Crippen molar-refractivity contribution < 1.29 is 18.7 Å². The van der Waals surface area contributed by atoms with Gasteiger partial charge in [-0.1, -0.05) is 56.6 Å². The van der Waals surface area contributed by atoms with Crippen molar-refractivity contribution in [2.75, 3.05) is 13.7 Å². The Morgan fingerprint density at radius 1 is 1.14 bits per heavy atom. The summed E-state index contributed by atoms with van der Waals surface area (Å²) < 4.78 is 16.2. The molecule has 0 N–H and O–H groups in total. The fraction of sp³-hybridized carbons (Fsp3) is 0.304. The number of hydrogen-bond acceptors (Lipinski definition) is 5. The average Bonchev–Trinajstić information content (AvgIpc) is 2.68. The molecule has 0 atom stereocenters. The highest BCUT2D eigenvalue weighted by Crippen LogP contribution is 2.34. The summed E-state index contributed by atoms with van der Waals surface area (Å²) in [6, 6.07) is 11.0. The molecule has 1 aromatic heterocycles. The van der Waals surface area contributed by atoms with Gasteiger partial charge in [0.25, 0.3) is 0 Å². The molecule has 6 heteroatoms. The zero-order valence-corrected chi connectivity index (χ0v) is 17.8. The van der Waals surface area contributed by atoms with Crippen LogP contribution < -0.4 is 10.2 Å². The predicted octanol–water partition coefficient (Wildman–Crippen LogP) is 5.27. The molecule has 29 heavy (non-hydrogen) atoms. The summed E-state index contributed by atoms with van der Waals surface area (Å²) in [6.45, 7) is 7.79. The number of halogens is 1. The molecule has 5 nitrogen and oxygen atoms in total. The van der Waals surface area contributed by atoms with Crippen molar-refractivity contribution in [3.05, 3.63) is 62.8 Å². The minimum atomic E-state index is -0.597. The third-order valence-corrected chi connectivity index (χ3v) is 5.11. The molecule has 0 saturated heterocycles. The lowest BCUT2D eigenvalue weighted by molar-refractivity contribution is -0.142. The third kappa shape index (κ3) is 4.30. The van der Waals surface area contributed by atoms with Gasteiger partial charge in [-0.3, -0.25) is 4.79 Å². The molecule has 0 amide bonds. The number of hydrogen-bond donors (Lipinski definition) is 0. The maximum absolute atomic E-state index is 13.1. The largest absolute Gasteiger partial charge is 0.474 e. The first-order valence-corrected chi connectivity index (χ1v) is 9.57. The molecule has 3 rings (SSSR count). The second-order valence-corrected chi connectivity index (χ2v) is 8.29. The summed E-state index contributed by atoms with van der Waals surface area (Å²) in [7, 11) is 1.25. The zero-order chi connectivity index (χ0) is 21.3. The number of benzene rings is 2. The van der Waals surface area contributed by atoms with Gasteiger partial charge in [-0.05, 0) is 35.6 Å². The monoisotopic (exact) mass is 414 g/mol. The Bertz CT molecular complexity index is 1120. The predicted molar refractivity (Wildman–Crippen MR) is 114 cm³/mol. The lowest BCUT2D eigenvalue weighted by atomic mass is 9.86. The molecule has 152 valence electrons. The van der Waals surface area contributed by atoms with Crippen molar-refractivity contribution in [1.82, 2.24) is 0 Å². The summed E-state index contributed by atoms with van der Waals surface area (Å²) in [6.07, 6.45) is 0. The molecule has 0 spiro atoms. The van der Waals surface area contributed by atoms with E-state index in [4.69, 9.17) is 20.8 Å². The molecule has 0 aliphatic heterocycles. The number of carbonyl (C=O) groups excluding carboxylic acids is 1. The average molecular weight is 415 g/mol. The van der Waals surface area contributed by atoms with Gasteiger partial charge < -0.3 is 13.9 Å². The van der Waals surface area contributed by atoms with E-state index in [1.165, 1.54) is 7.11 Å². The fourth-order valence-electron chi connectivity index (χ4n) is 2.93. The Balaban J connectivity index is 2.21. The summed E-state index contributed by atoms with van der Waals surface area (Å²) in [4.78, 5) is 24.7. The van der Waals surface area contributed by atoms with Gasteiger partial charge in [0.05, 0.1) is 12.5 Å². The van der Waals surface area contributed by atoms with E-state index in [0.29, 0.717) is 16.2 Å². The lowest BCUT2D eigenvalue weighted by Gasteiger charge is -2.19. The molecule has 0 aliphatic carbocycles. The summed E-state index contributed by atoms with van der Waals surface area (Å²) in [5, 5.41) is 0.738. The second kappa shape index (κ2) is 7.91. The highest BCUT2D eigenvalue weighted by molar-refractivity contribution is 6.32. The van der Waals surface area contributed by atoms with Crippen molar-refractivity contribution in [3.8, 4) is 17.1 Å². The molecule has 2 aromatic carbocycles. The summed E-state index contributed by atoms with van der Waals surface area (Å²) >= 11 is 6.18. The molecule has 0 radical (unpaired) electrons. The van der Waals surface area contributed by atoms with Crippen LogP contribution in [0.5, 0.6) is 5.75 Å². The van der Waals surface area contributed by atoms with E-state index >= 15 is 0 Å². The highest BCUT2D eigenvalue weighted by atomic mass is 35.5. The minimum absolute atomic E-state index is 0.0131. The van der Waals surface area contributed by atoms with Crippen molar-refractivity contribution in [2.45, 2.75) is 33.1 Å². The van der Waals surface area contributed by atoms with Gasteiger partial charge in [0.15, 0.2) is 12.4 Å². The van der Waals surface area contributed by atoms with Gasteiger partial charge in [0, 0.05) is 10.6 Å². The molecule has 0 bridgehead atoms. The van der Waals surface area contributed by atoms with E-state index in [0.717, 1.165) is 11.1 Å². The molecule has 1 heterocycles. The number of rotatable bonds is 4. The van der Waals surface area contributed by atoms with E-state index in [1.807, 2.05) is 31.2 Å². The first-order chi connectivity index (χ1) is 13.6. The molecule has 0 aliphatic rings. The number of carbonyl (C=O) groups is 1. The molecule has 0 saturated carbocycles. The SMILES string of the molecule is COC(=O)COc1c(-c2ccc(C(C)(C)C)cc2)oc2cc(C)c(Cl)cc2c1=O. The molecule has 3 aromatic rings. The standard InChI is InChI=1S/C23H23ClO5/c1-13-10-18-16(11-17(13)24)20(26)22(28-12-19(25)27-5)21(29-18)14-6-8-15(9-7-14)23(2,3)4/h6-11H,12H2,1-5H3. The lowest BCUT2D eigenvalue weighted by Crippen LogP contribution is -2.18.